The molecule has 0 bridgehead atoms. The van der Waals surface area contributed by atoms with Gasteiger partial charge >= 0.3 is 5.43 Å². The molecule has 0 radical (unpaired) electrons. The molecular formula is C20H29ClO3. The summed E-state index contributed by atoms with van der Waals surface area (Å²) in [4.78, 5) is 23.2. The van der Waals surface area contributed by atoms with Crippen LogP contribution in [0.3, 0.4) is 0 Å². The number of halogens is 1. The molecule has 0 aliphatic heterocycles. The van der Waals surface area contributed by atoms with Crippen LogP contribution in [0.1, 0.15) is 71.6 Å². The van der Waals surface area contributed by atoms with Crippen molar-refractivity contribution in [3.8, 4) is 0 Å². The Morgan fingerprint density at radius 1 is 1.04 bits per heavy atom. The Morgan fingerprint density at radius 3 is 2.54 bits per heavy atom. The standard InChI is InChI=1S/C20H29ClO3/c1-19-9-7-13(22)11-12(19)3-4-14-15-5-6-17(24-18(21)23)20(15,2)10-8-16(14)19/h12,14-17H,3-11H2,1-2H3/t12-,14-,15-,16-,17-,19-,20-/m0/s1. The van der Waals surface area contributed by atoms with Crippen LogP contribution in [-0.2, 0) is 9.53 Å². The van der Waals surface area contributed by atoms with Crippen molar-refractivity contribution < 1.29 is 14.3 Å². The Hall–Kier alpha value is -0.570. The highest BCUT2D eigenvalue weighted by molar-refractivity contribution is 6.61. The minimum absolute atomic E-state index is 0.00749. The first-order valence-electron chi connectivity index (χ1n) is 9.72. The van der Waals surface area contributed by atoms with E-state index in [0.29, 0.717) is 23.0 Å². The van der Waals surface area contributed by atoms with Crippen molar-refractivity contribution in [2.24, 2.45) is 34.5 Å². The zero-order chi connectivity index (χ0) is 17.1. The van der Waals surface area contributed by atoms with E-state index in [0.717, 1.165) is 50.4 Å². The maximum absolute atomic E-state index is 11.9. The van der Waals surface area contributed by atoms with Crippen LogP contribution in [0.4, 0.5) is 4.79 Å². The van der Waals surface area contributed by atoms with Crippen molar-refractivity contribution in [3.63, 3.8) is 0 Å². The lowest BCUT2D eigenvalue weighted by atomic mass is 9.45. The number of carbonyl (C=O) groups is 2. The van der Waals surface area contributed by atoms with Gasteiger partial charge in [-0.25, -0.2) is 4.79 Å². The molecular weight excluding hydrogens is 324 g/mol. The number of hydrogen-bond donors (Lipinski definition) is 0. The van der Waals surface area contributed by atoms with Gasteiger partial charge < -0.3 is 4.74 Å². The molecule has 4 heteroatoms. The lowest BCUT2D eigenvalue weighted by Gasteiger charge is -2.60. The second-order valence-electron chi connectivity index (χ2n) is 9.37. The molecule has 4 rings (SSSR count). The summed E-state index contributed by atoms with van der Waals surface area (Å²) in [5.41, 5.74) is -0.204. The SMILES string of the molecule is C[C@]12CCC(=O)C[C@@H]1CC[C@@H]1[C@@H]2CC[C@]2(C)[C@@H](OC(=O)Cl)CC[C@@H]12. The van der Waals surface area contributed by atoms with E-state index in [1.165, 1.54) is 19.3 Å². The van der Waals surface area contributed by atoms with Gasteiger partial charge in [0, 0.05) is 29.9 Å². The number of Topliss-reactive ketones (excluding diaryl/α,β-unsaturated/α-hetero) is 1. The Morgan fingerprint density at radius 2 is 1.79 bits per heavy atom. The van der Waals surface area contributed by atoms with Crippen molar-refractivity contribution in [3.05, 3.63) is 0 Å². The van der Waals surface area contributed by atoms with Crippen molar-refractivity contribution in [1.29, 1.82) is 0 Å². The van der Waals surface area contributed by atoms with Gasteiger partial charge in [-0.3, -0.25) is 4.79 Å². The fraction of sp³-hybridized carbons (Fsp3) is 0.900. The first-order chi connectivity index (χ1) is 11.3. The maximum Gasteiger partial charge on any atom is 0.404 e. The maximum atomic E-state index is 11.9. The van der Waals surface area contributed by atoms with Gasteiger partial charge in [0.2, 0.25) is 0 Å². The van der Waals surface area contributed by atoms with Gasteiger partial charge in [0.05, 0.1) is 0 Å². The van der Waals surface area contributed by atoms with Gasteiger partial charge in [0.25, 0.3) is 0 Å². The lowest BCUT2D eigenvalue weighted by Crippen LogP contribution is -2.54. The van der Waals surface area contributed by atoms with Crippen LogP contribution in [0, 0.1) is 34.5 Å². The normalized spacial score (nSPS) is 50.6. The Kier molecular flexibility index (Phi) is 4.02. The van der Waals surface area contributed by atoms with Crippen LogP contribution in [0.25, 0.3) is 0 Å². The zero-order valence-electron chi connectivity index (χ0n) is 14.9. The molecule has 4 fully saturated rings. The zero-order valence-corrected chi connectivity index (χ0v) is 15.6. The van der Waals surface area contributed by atoms with E-state index in [1.807, 2.05) is 0 Å². The average Bonchev–Trinajstić information content (AvgIpc) is 2.84. The van der Waals surface area contributed by atoms with E-state index >= 15 is 0 Å². The average molecular weight is 353 g/mol. The number of fused-ring (bicyclic) bond motifs is 5. The molecule has 4 aliphatic carbocycles. The minimum Gasteiger partial charge on any atom is -0.450 e. The molecule has 0 aromatic carbocycles. The quantitative estimate of drug-likeness (QED) is 0.598. The van der Waals surface area contributed by atoms with Gasteiger partial charge in [-0.15, -0.1) is 0 Å². The third-order valence-electron chi connectivity index (χ3n) is 8.63. The van der Waals surface area contributed by atoms with Crippen LogP contribution in [0.2, 0.25) is 0 Å². The van der Waals surface area contributed by atoms with E-state index in [1.54, 1.807) is 0 Å². The van der Waals surface area contributed by atoms with E-state index in [-0.39, 0.29) is 11.5 Å². The molecule has 0 spiro atoms. The van der Waals surface area contributed by atoms with E-state index in [2.05, 4.69) is 13.8 Å². The van der Waals surface area contributed by atoms with Gasteiger partial charge in [0.15, 0.2) is 0 Å². The van der Waals surface area contributed by atoms with E-state index < -0.39 is 5.43 Å². The molecule has 0 heterocycles. The third kappa shape index (κ3) is 2.37. The van der Waals surface area contributed by atoms with Crippen LogP contribution >= 0.6 is 11.6 Å². The molecule has 0 saturated heterocycles. The highest BCUT2D eigenvalue weighted by Gasteiger charge is 2.61. The molecule has 3 nitrogen and oxygen atoms in total. The smallest absolute Gasteiger partial charge is 0.404 e. The Balaban J connectivity index is 1.58. The lowest BCUT2D eigenvalue weighted by molar-refractivity contribution is -0.141. The van der Waals surface area contributed by atoms with Crippen LogP contribution in [0.15, 0.2) is 0 Å². The van der Waals surface area contributed by atoms with Crippen molar-refractivity contribution >= 4 is 22.8 Å². The van der Waals surface area contributed by atoms with E-state index in [9.17, 15) is 9.59 Å². The fourth-order valence-electron chi connectivity index (χ4n) is 7.30. The summed E-state index contributed by atoms with van der Waals surface area (Å²) < 4.78 is 5.49. The number of ether oxygens (including phenoxy) is 1. The van der Waals surface area contributed by atoms with Crippen LogP contribution in [-0.4, -0.2) is 17.3 Å². The molecule has 7 atom stereocenters. The topological polar surface area (TPSA) is 43.4 Å². The summed E-state index contributed by atoms with van der Waals surface area (Å²) in [7, 11) is 0. The van der Waals surface area contributed by atoms with Gasteiger partial charge in [0.1, 0.15) is 11.9 Å². The number of ketones is 1. The largest absolute Gasteiger partial charge is 0.450 e. The summed E-state index contributed by atoms with van der Waals surface area (Å²) in [5, 5.41) is 0. The molecule has 0 unspecified atom stereocenters. The number of rotatable bonds is 1. The third-order valence-corrected chi connectivity index (χ3v) is 8.72. The molecule has 0 N–H and O–H groups in total. The number of hydrogen-bond acceptors (Lipinski definition) is 3. The van der Waals surface area contributed by atoms with Gasteiger partial charge in [-0.2, -0.15) is 0 Å². The Labute approximate surface area is 149 Å². The second-order valence-corrected chi connectivity index (χ2v) is 9.67. The molecule has 0 aromatic heterocycles. The number of carbonyl (C=O) groups excluding carboxylic acids is 2. The van der Waals surface area contributed by atoms with Crippen molar-refractivity contribution in [2.45, 2.75) is 77.7 Å². The Bertz CT molecular complexity index is 561. The molecule has 134 valence electrons. The molecule has 4 saturated carbocycles. The first kappa shape index (κ1) is 16.9. The van der Waals surface area contributed by atoms with E-state index in [4.69, 9.17) is 16.3 Å². The molecule has 24 heavy (non-hydrogen) atoms. The highest BCUT2D eigenvalue weighted by Crippen LogP contribution is 2.66. The van der Waals surface area contributed by atoms with Gasteiger partial charge in [-0.05, 0) is 74.0 Å². The highest BCUT2D eigenvalue weighted by atomic mass is 35.5. The van der Waals surface area contributed by atoms with Gasteiger partial charge in [-0.1, -0.05) is 13.8 Å². The predicted molar refractivity (Wildman–Crippen MR) is 92.9 cm³/mol. The molecule has 0 aromatic rings. The van der Waals surface area contributed by atoms with Crippen LogP contribution < -0.4 is 0 Å². The molecule has 4 aliphatic rings. The van der Waals surface area contributed by atoms with Crippen molar-refractivity contribution in [1.82, 2.24) is 0 Å². The monoisotopic (exact) mass is 352 g/mol. The molecule has 0 amide bonds. The predicted octanol–water partition coefficient (Wildman–Crippen LogP) is 5.34. The van der Waals surface area contributed by atoms with Crippen molar-refractivity contribution in [2.75, 3.05) is 0 Å². The summed E-state index contributed by atoms with van der Waals surface area (Å²) in [6, 6.07) is 0. The fourth-order valence-corrected chi connectivity index (χ4v) is 7.41. The summed E-state index contributed by atoms with van der Waals surface area (Å²) in [6.07, 6.45) is 9.59. The first-order valence-corrected chi connectivity index (χ1v) is 10.1. The summed E-state index contributed by atoms with van der Waals surface area (Å²) in [5.74, 6) is 3.20. The summed E-state index contributed by atoms with van der Waals surface area (Å²) in [6.45, 7) is 4.79. The summed E-state index contributed by atoms with van der Waals surface area (Å²) >= 11 is 5.52. The van der Waals surface area contributed by atoms with Crippen LogP contribution in [0.5, 0.6) is 0 Å². The minimum atomic E-state index is -0.648. The second kappa shape index (κ2) is 5.72.